The second kappa shape index (κ2) is 13.0. The summed E-state index contributed by atoms with van der Waals surface area (Å²) in [4.78, 5) is 20.5. The lowest BCUT2D eigenvalue weighted by Crippen LogP contribution is -2.56. The van der Waals surface area contributed by atoms with Crippen molar-refractivity contribution in [2.45, 2.75) is 52.3 Å². The van der Waals surface area contributed by atoms with Gasteiger partial charge in [0.25, 0.3) is 0 Å². The van der Waals surface area contributed by atoms with Gasteiger partial charge in [0.2, 0.25) is 5.88 Å². The molecular formula is C34H40F2N6O3. The van der Waals surface area contributed by atoms with Crippen molar-refractivity contribution in [3.05, 3.63) is 41.5 Å². The first-order valence-corrected chi connectivity index (χ1v) is 15.2. The van der Waals surface area contributed by atoms with E-state index in [2.05, 4.69) is 46.6 Å². The van der Waals surface area contributed by atoms with Crippen LogP contribution >= 0.6 is 0 Å². The minimum absolute atomic E-state index is 0.0154. The molecule has 5 rings (SSSR count). The zero-order chi connectivity index (χ0) is 32.6. The van der Waals surface area contributed by atoms with E-state index < -0.39 is 11.6 Å². The fourth-order valence-corrected chi connectivity index (χ4v) is 5.81. The van der Waals surface area contributed by atoms with Crippen molar-refractivity contribution in [1.29, 1.82) is 0 Å². The van der Waals surface area contributed by atoms with E-state index in [0.29, 0.717) is 36.2 Å². The molecule has 45 heavy (non-hydrogen) atoms. The van der Waals surface area contributed by atoms with Crippen molar-refractivity contribution >= 4 is 27.5 Å². The van der Waals surface area contributed by atoms with Crippen LogP contribution in [-0.4, -0.2) is 95.4 Å². The molecule has 1 N–H and O–H groups in total. The number of phenolic OH excluding ortho intramolecular Hbond substituents is 1. The highest BCUT2D eigenvalue weighted by Crippen LogP contribution is 2.42. The van der Waals surface area contributed by atoms with Crippen LogP contribution < -0.4 is 14.4 Å². The third kappa shape index (κ3) is 6.30. The van der Waals surface area contributed by atoms with E-state index in [0.717, 1.165) is 6.42 Å². The van der Waals surface area contributed by atoms with Crippen LogP contribution in [-0.2, 0) is 0 Å². The molecule has 238 valence electrons. The fourth-order valence-electron chi connectivity index (χ4n) is 5.81. The molecule has 4 aromatic rings. The molecule has 9 nitrogen and oxygen atoms in total. The molecule has 11 heteroatoms. The van der Waals surface area contributed by atoms with Crippen molar-refractivity contribution in [1.82, 2.24) is 24.8 Å². The molecule has 0 saturated carbocycles. The van der Waals surface area contributed by atoms with Crippen molar-refractivity contribution in [2.24, 2.45) is 0 Å². The summed E-state index contributed by atoms with van der Waals surface area (Å²) in [6.07, 6.45) is 6.30. The van der Waals surface area contributed by atoms with Crippen LogP contribution in [0.1, 0.15) is 39.7 Å². The zero-order valence-corrected chi connectivity index (χ0v) is 26.9. The molecule has 1 fully saturated rings. The Morgan fingerprint density at radius 2 is 1.89 bits per heavy atom. The number of halogens is 2. The standard InChI is InChI=1S/C34H40F2N6O3/c1-9-22-18-42(17-20(5)41(22)8)32-28-31(38-34(39-32)44-14-13-40(6)7)29(36)30(37-33(28)45-19(3)4)25-16-23(43)15-21-11-12-26(35)24(10-2)27(21)25/h2,11-12,15-16,19-20,22,43H,9,13-14,17-18H2,1,3-8H3. The van der Waals surface area contributed by atoms with Crippen molar-refractivity contribution in [3.8, 4) is 41.2 Å². The maximum Gasteiger partial charge on any atom is 0.319 e. The van der Waals surface area contributed by atoms with Gasteiger partial charge < -0.3 is 24.4 Å². The third-order valence-corrected chi connectivity index (χ3v) is 8.24. The van der Waals surface area contributed by atoms with Gasteiger partial charge in [-0.25, -0.2) is 13.8 Å². The summed E-state index contributed by atoms with van der Waals surface area (Å²) in [6, 6.07) is 5.91. The summed E-state index contributed by atoms with van der Waals surface area (Å²) < 4.78 is 44.1. The second-order valence-corrected chi connectivity index (χ2v) is 12.1. The van der Waals surface area contributed by atoms with E-state index in [1.807, 2.05) is 32.8 Å². The SMILES string of the molecule is C#Cc1c(F)ccc2cc(O)cc(-c3nc(OC(C)C)c4c(N5CC(C)N(C)C(CC)C5)nc(OCCN(C)C)nc4c3F)c12. The molecule has 1 saturated heterocycles. The number of nitrogens with zero attached hydrogens (tertiary/aromatic N) is 6. The number of aromatic nitrogens is 3. The summed E-state index contributed by atoms with van der Waals surface area (Å²) in [5.74, 6) is 1.36. The number of likely N-dealkylation sites (N-methyl/N-ethyl adjacent to an activating group) is 2. The van der Waals surface area contributed by atoms with Crippen LogP contribution in [0.4, 0.5) is 14.6 Å². The third-order valence-electron chi connectivity index (χ3n) is 8.24. The maximum absolute atomic E-state index is 17.0. The zero-order valence-electron chi connectivity index (χ0n) is 26.9. The van der Waals surface area contributed by atoms with E-state index in [1.165, 1.54) is 24.3 Å². The lowest BCUT2D eigenvalue weighted by molar-refractivity contribution is 0.153. The molecule has 0 amide bonds. The topological polar surface area (TPSA) is 87.1 Å². The van der Waals surface area contributed by atoms with E-state index in [9.17, 15) is 9.50 Å². The highest BCUT2D eigenvalue weighted by Gasteiger charge is 2.33. The molecule has 1 aliphatic heterocycles. The van der Waals surface area contributed by atoms with Gasteiger partial charge in [-0.15, -0.1) is 6.42 Å². The molecule has 2 aromatic heterocycles. The van der Waals surface area contributed by atoms with Gasteiger partial charge >= 0.3 is 6.01 Å². The van der Waals surface area contributed by atoms with Gasteiger partial charge in [-0.2, -0.15) is 9.97 Å². The normalized spacial score (nSPS) is 17.4. The molecule has 3 heterocycles. The predicted molar refractivity (Wildman–Crippen MR) is 173 cm³/mol. The summed E-state index contributed by atoms with van der Waals surface area (Å²) in [5, 5.41) is 11.6. The highest BCUT2D eigenvalue weighted by atomic mass is 19.1. The number of pyridine rings is 1. The van der Waals surface area contributed by atoms with Crippen molar-refractivity contribution in [2.75, 3.05) is 52.3 Å². The fraction of sp³-hybridized carbons (Fsp3) is 0.441. The van der Waals surface area contributed by atoms with Gasteiger partial charge in [-0.3, -0.25) is 4.90 Å². The average Bonchev–Trinajstić information content (AvgIpc) is 2.99. The predicted octanol–water partition coefficient (Wildman–Crippen LogP) is 5.46. The number of phenols is 1. The Bertz CT molecular complexity index is 1770. The Balaban J connectivity index is 1.84. The Morgan fingerprint density at radius 3 is 2.56 bits per heavy atom. The van der Waals surface area contributed by atoms with Crippen LogP contribution in [0.3, 0.4) is 0 Å². The number of benzene rings is 2. The number of aromatic hydroxyl groups is 1. The van der Waals surface area contributed by atoms with Gasteiger partial charge in [0.1, 0.15) is 40.6 Å². The van der Waals surface area contributed by atoms with Gasteiger partial charge in [0.05, 0.1) is 11.7 Å². The Kier molecular flexibility index (Phi) is 9.28. The molecule has 1 aliphatic rings. The van der Waals surface area contributed by atoms with Crippen molar-refractivity contribution < 1.29 is 23.4 Å². The van der Waals surface area contributed by atoms with E-state index in [1.54, 1.807) is 0 Å². The number of terminal acetylenes is 1. The molecule has 2 atom stereocenters. The lowest BCUT2D eigenvalue weighted by atomic mass is 9.95. The van der Waals surface area contributed by atoms with Crippen molar-refractivity contribution in [3.63, 3.8) is 0 Å². The number of rotatable bonds is 9. The van der Waals surface area contributed by atoms with Gasteiger partial charge in [0, 0.05) is 42.7 Å². The van der Waals surface area contributed by atoms with Crippen LogP contribution in [0.5, 0.6) is 17.6 Å². The van der Waals surface area contributed by atoms with Gasteiger partial charge in [-0.1, -0.05) is 18.9 Å². The Labute approximate surface area is 262 Å². The summed E-state index contributed by atoms with van der Waals surface area (Å²) in [5.41, 5.74) is -0.207. The van der Waals surface area contributed by atoms with Gasteiger partial charge in [-0.05, 0) is 71.9 Å². The van der Waals surface area contributed by atoms with E-state index in [4.69, 9.17) is 20.9 Å². The van der Waals surface area contributed by atoms with Crippen LogP contribution in [0.2, 0.25) is 0 Å². The number of hydrogen-bond donors (Lipinski definition) is 1. The number of hydrogen-bond acceptors (Lipinski definition) is 9. The number of ether oxygens (including phenoxy) is 2. The lowest BCUT2D eigenvalue weighted by Gasteiger charge is -2.44. The second-order valence-electron chi connectivity index (χ2n) is 12.1. The summed E-state index contributed by atoms with van der Waals surface area (Å²) >= 11 is 0. The van der Waals surface area contributed by atoms with Crippen LogP contribution in [0.15, 0.2) is 24.3 Å². The highest BCUT2D eigenvalue weighted by molar-refractivity contribution is 6.04. The minimum atomic E-state index is -0.796. The number of fused-ring (bicyclic) bond motifs is 2. The van der Waals surface area contributed by atoms with E-state index >= 15 is 4.39 Å². The first kappa shape index (κ1) is 32.1. The number of anilines is 1. The molecule has 0 aliphatic carbocycles. The first-order chi connectivity index (χ1) is 21.4. The maximum atomic E-state index is 17.0. The Morgan fingerprint density at radius 1 is 1.13 bits per heavy atom. The minimum Gasteiger partial charge on any atom is -0.508 e. The summed E-state index contributed by atoms with van der Waals surface area (Å²) in [6.45, 7) is 10.1. The molecule has 0 bridgehead atoms. The van der Waals surface area contributed by atoms with E-state index in [-0.39, 0.29) is 70.2 Å². The quantitative estimate of drug-likeness (QED) is 0.246. The van der Waals surface area contributed by atoms with Crippen LogP contribution in [0.25, 0.3) is 32.9 Å². The Hall–Kier alpha value is -4.27. The molecule has 0 radical (unpaired) electrons. The largest absolute Gasteiger partial charge is 0.508 e. The smallest absolute Gasteiger partial charge is 0.319 e. The number of piperazine rings is 1. The van der Waals surface area contributed by atoms with Gasteiger partial charge in [0.15, 0.2) is 5.82 Å². The molecule has 2 unspecified atom stereocenters. The van der Waals surface area contributed by atoms with Crippen LogP contribution in [0, 0.1) is 24.0 Å². The monoisotopic (exact) mass is 618 g/mol. The summed E-state index contributed by atoms with van der Waals surface area (Å²) in [7, 11) is 5.96. The molecular weight excluding hydrogens is 578 g/mol. The molecule has 2 aromatic carbocycles. The average molecular weight is 619 g/mol. The first-order valence-electron chi connectivity index (χ1n) is 15.2. The molecule has 0 spiro atoms.